The Balaban J connectivity index is 0.000000349. The van der Waals surface area contributed by atoms with E-state index in [0.29, 0.717) is 6.61 Å². The maximum Gasteiger partial charge on any atom is 0.327 e. The number of aliphatic carboxylic acids is 1. The molecule has 0 amide bonds. The number of carbonyl (C=O) groups is 1. The Kier molecular flexibility index (Phi) is 5.83. The smallest absolute Gasteiger partial charge is 0.327 e. The van der Waals surface area contributed by atoms with E-state index >= 15 is 0 Å². The fourth-order valence-electron chi connectivity index (χ4n) is 2.84. The van der Waals surface area contributed by atoms with Crippen LogP contribution in [0, 0.1) is 0 Å². The van der Waals surface area contributed by atoms with Crippen molar-refractivity contribution in [3.8, 4) is 0 Å². The first-order valence-electron chi connectivity index (χ1n) is 8.50. The molecule has 4 rings (SSSR count). The van der Waals surface area contributed by atoms with Crippen LogP contribution in [0.25, 0.3) is 0 Å². The number of ether oxygens (including phenoxy) is 3. The minimum atomic E-state index is -0.981. The van der Waals surface area contributed by atoms with Crippen molar-refractivity contribution >= 4 is 5.97 Å². The number of hydrogen-bond acceptors (Lipinski definition) is 4. The number of rotatable bonds is 7. The molecule has 5 nitrogen and oxygen atoms in total. The zero-order valence-corrected chi connectivity index (χ0v) is 14.4. The lowest BCUT2D eigenvalue weighted by atomic mass is 9.83. The van der Waals surface area contributed by atoms with Gasteiger partial charge < -0.3 is 19.3 Å². The summed E-state index contributed by atoms with van der Waals surface area (Å²) in [6.07, 6.45) is 1.14. The van der Waals surface area contributed by atoms with Crippen LogP contribution in [0.2, 0.25) is 0 Å². The Hall–Kier alpha value is -2.47. The van der Waals surface area contributed by atoms with Gasteiger partial charge in [0.15, 0.2) is 0 Å². The number of carboxylic acid groups (broad SMARTS) is 1. The summed E-state index contributed by atoms with van der Waals surface area (Å²) < 4.78 is 17.4. The first kappa shape index (κ1) is 18.3. The largest absolute Gasteiger partial charge is 0.478 e. The second-order valence-corrected chi connectivity index (χ2v) is 6.10. The van der Waals surface area contributed by atoms with E-state index in [1.165, 1.54) is 0 Å². The minimum Gasteiger partial charge on any atom is -0.478 e. The first-order chi connectivity index (χ1) is 12.7. The third-order valence-electron chi connectivity index (χ3n) is 4.27. The molecule has 1 N–H and O–H groups in total. The van der Waals surface area contributed by atoms with Crippen LogP contribution in [0.3, 0.4) is 0 Å². The summed E-state index contributed by atoms with van der Waals surface area (Å²) in [5.41, 5.74) is 1.74. The zero-order valence-electron chi connectivity index (χ0n) is 14.4. The molecule has 5 heteroatoms. The van der Waals surface area contributed by atoms with Gasteiger partial charge in [0, 0.05) is 6.08 Å². The molecule has 2 unspecified atom stereocenters. The molecule has 0 radical (unpaired) electrons. The van der Waals surface area contributed by atoms with Gasteiger partial charge in [-0.2, -0.15) is 0 Å². The van der Waals surface area contributed by atoms with Crippen molar-refractivity contribution in [1.29, 1.82) is 0 Å². The summed E-state index contributed by atoms with van der Waals surface area (Å²) in [4.78, 5) is 9.25. The van der Waals surface area contributed by atoms with E-state index in [9.17, 15) is 4.79 Å². The summed E-state index contributed by atoms with van der Waals surface area (Å²) in [6, 6.07) is 20.7. The lowest BCUT2D eigenvalue weighted by Crippen LogP contribution is -2.38. The average Bonchev–Trinajstić information content (AvgIpc) is 3.58. The van der Waals surface area contributed by atoms with Crippen molar-refractivity contribution in [1.82, 2.24) is 0 Å². The van der Waals surface area contributed by atoms with Crippen LogP contribution in [-0.2, 0) is 24.6 Å². The predicted molar refractivity (Wildman–Crippen MR) is 96.9 cm³/mol. The summed E-state index contributed by atoms with van der Waals surface area (Å²) in [7, 11) is 0. The number of epoxide rings is 2. The fourth-order valence-corrected chi connectivity index (χ4v) is 2.84. The molecule has 0 spiro atoms. The van der Waals surface area contributed by atoms with Crippen molar-refractivity contribution in [2.24, 2.45) is 0 Å². The summed E-state index contributed by atoms with van der Waals surface area (Å²) >= 11 is 0. The van der Waals surface area contributed by atoms with Gasteiger partial charge in [-0.25, -0.2) is 4.79 Å². The van der Waals surface area contributed by atoms with Crippen molar-refractivity contribution in [3.05, 3.63) is 84.4 Å². The van der Waals surface area contributed by atoms with Gasteiger partial charge in [0.05, 0.1) is 19.8 Å². The van der Waals surface area contributed by atoms with Gasteiger partial charge in [-0.3, -0.25) is 0 Å². The highest BCUT2D eigenvalue weighted by atomic mass is 16.6. The molecule has 2 aliphatic heterocycles. The van der Waals surface area contributed by atoms with Crippen molar-refractivity contribution in [3.63, 3.8) is 0 Å². The molecule has 2 heterocycles. The second-order valence-electron chi connectivity index (χ2n) is 6.10. The van der Waals surface area contributed by atoms with E-state index in [1.807, 2.05) is 36.4 Å². The van der Waals surface area contributed by atoms with Crippen LogP contribution in [0.4, 0.5) is 0 Å². The van der Waals surface area contributed by atoms with Gasteiger partial charge in [-0.05, 0) is 11.1 Å². The van der Waals surface area contributed by atoms with Crippen molar-refractivity contribution < 1.29 is 24.1 Å². The first-order valence-corrected chi connectivity index (χ1v) is 8.50. The highest BCUT2D eigenvalue weighted by Gasteiger charge is 2.51. The Morgan fingerprint density at radius 3 is 1.88 bits per heavy atom. The van der Waals surface area contributed by atoms with E-state index in [1.54, 1.807) is 0 Å². The molecule has 0 aromatic heterocycles. The Bertz CT molecular complexity index is 681. The lowest BCUT2D eigenvalue weighted by Gasteiger charge is -2.33. The lowest BCUT2D eigenvalue weighted by molar-refractivity contribution is -0.131. The Morgan fingerprint density at radius 2 is 1.54 bits per heavy atom. The van der Waals surface area contributed by atoms with Gasteiger partial charge in [0.1, 0.15) is 17.8 Å². The number of carboxylic acids is 1. The van der Waals surface area contributed by atoms with Crippen molar-refractivity contribution in [2.45, 2.75) is 17.8 Å². The summed E-state index contributed by atoms with van der Waals surface area (Å²) in [5.74, 6) is -0.981. The highest BCUT2D eigenvalue weighted by Crippen LogP contribution is 2.44. The van der Waals surface area contributed by atoms with Crippen LogP contribution in [0.15, 0.2) is 73.3 Å². The summed E-state index contributed by atoms with van der Waals surface area (Å²) in [5, 5.41) is 7.60. The van der Waals surface area contributed by atoms with E-state index < -0.39 is 11.6 Å². The molecule has 26 heavy (non-hydrogen) atoms. The molecule has 2 aromatic carbocycles. The molecule has 2 aromatic rings. The van der Waals surface area contributed by atoms with Gasteiger partial charge in [-0.1, -0.05) is 67.2 Å². The monoisotopic (exact) mass is 354 g/mol. The van der Waals surface area contributed by atoms with Crippen LogP contribution in [-0.4, -0.2) is 43.1 Å². The molecule has 0 aliphatic carbocycles. The zero-order chi connectivity index (χ0) is 18.4. The summed E-state index contributed by atoms with van der Waals surface area (Å²) in [6.45, 7) is 5.09. The van der Waals surface area contributed by atoms with Crippen LogP contribution in [0.5, 0.6) is 0 Å². The minimum absolute atomic E-state index is 0.0704. The third-order valence-corrected chi connectivity index (χ3v) is 4.27. The number of benzene rings is 2. The van der Waals surface area contributed by atoms with Gasteiger partial charge >= 0.3 is 5.97 Å². The normalized spacial score (nSPS) is 20.5. The van der Waals surface area contributed by atoms with E-state index in [2.05, 4.69) is 30.8 Å². The van der Waals surface area contributed by atoms with Gasteiger partial charge in [0.25, 0.3) is 0 Å². The quantitative estimate of drug-likeness (QED) is 0.611. The third kappa shape index (κ3) is 4.38. The van der Waals surface area contributed by atoms with Crippen LogP contribution < -0.4 is 0 Å². The van der Waals surface area contributed by atoms with Crippen LogP contribution in [0.1, 0.15) is 11.1 Å². The molecular formula is C21H22O5. The standard InChI is InChI=1S/C18H18O3.C3H4O2/c1-3-7-14(8-4-1)18(17-13-20-17,21-12-16-11-19-16)15-9-5-2-6-10-15;1-2-3(4)5/h1-10,16-17H,11-13H2;2H,1H2,(H,4,5). The van der Waals surface area contributed by atoms with Gasteiger partial charge in [-0.15, -0.1) is 0 Å². The molecule has 136 valence electrons. The molecule has 0 saturated carbocycles. The second kappa shape index (κ2) is 8.27. The molecule has 2 fully saturated rings. The predicted octanol–water partition coefficient (Wildman–Crippen LogP) is 3.00. The Morgan fingerprint density at radius 1 is 1.08 bits per heavy atom. The van der Waals surface area contributed by atoms with Gasteiger partial charge in [0.2, 0.25) is 0 Å². The molecule has 0 bridgehead atoms. The molecular weight excluding hydrogens is 332 g/mol. The van der Waals surface area contributed by atoms with E-state index in [0.717, 1.165) is 30.4 Å². The van der Waals surface area contributed by atoms with E-state index in [4.69, 9.17) is 19.3 Å². The topological polar surface area (TPSA) is 71.6 Å². The van der Waals surface area contributed by atoms with Crippen molar-refractivity contribution in [2.75, 3.05) is 19.8 Å². The Labute approximate surface area is 152 Å². The molecule has 2 aliphatic rings. The van der Waals surface area contributed by atoms with Crippen LogP contribution >= 0.6 is 0 Å². The molecule has 2 saturated heterocycles. The maximum absolute atomic E-state index is 9.25. The molecule has 2 atom stereocenters. The number of hydrogen-bond donors (Lipinski definition) is 1. The average molecular weight is 354 g/mol. The highest BCUT2D eigenvalue weighted by molar-refractivity contribution is 5.78. The SMILES string of the molecule is C=CC(=O)O.c1ccc(C(OCC2CO2)(c2ccccc2)C2CO2)cc1. The maximum atomic E-state index is 9.25. The fraction of sp³-hybridized carbons (Fsp3) is 0.286. The van der Waals surface area contributed by atoms with E-state index in [-0.39, 0.29) is 12.2 Å².